The monoisotopic (exact) mass is 258 g/mol. The largest absolute Gasteiger partial charge is 0.339 e. The summed E-state index contributed by atoms with van der Waals surface area (Å²) >= 11 is 0. The van der Waals surface area contributed by atoms with Crippen LogP contribution in [0.3, 0.4) is 0 Å². The standard InChI is InChI=1S/C16H22N2O/c1-6-18(7-2)16(19)14(5)11-17-15-12(3)9-8-10-13(15)4/h8-10H,6-7H2,1-5H3. The van der Waals surface area contributed by atoms with Gasteiger partial charge in [-0.3, -0.25) is 4.79 Å². The number of carbonyl (C=O) groups excluding carboxylic acids is 1. The maximum absolute atomic E-state index is 12.1. The lowest BCUT2D eigenvalue weighted by Crippen LogP contribution is -2.31. The molecule has 0 saturated heterocycles. The SMILES string of the molecule is CCN(CC)C(=O)C(C)=C=Nc1c(C)cccc1C. The van der Waals surface area contributed by atoms with E-state index in [0.717, 1.165) is 16.8 Å². The number of likely N-dealkylation sites (N-methyl/N-ethyl adjacent to an activating group) is 1. The molecule has 19 heavy (non-hydrogen) atoms. The van der Waals surface area contributed by atoms with Crippen molar-refractivity contribution in [2.45, 2.75) is 34.6 Å². The van der Waals surface area contributed by atoms with Gasteiger partial charge in [0.05, 0.1) is 11.3 Å². The number of hydrogen-bond acceptors (Lipinski definition) is 2. The molecule has 1 aromatic rings. The zero-order valence-electron chi connectivity index (χ0n) is 12.4. The van der Waals surface area contributed by atoms with E-state index in [4.69, 9.17) is 0 Å². The van der Waals surface area contributed by atoms with Gasteiger partial charge >= 0.3 is 0 Å². The van der Waals surface area contributed by atoms with E-state index in [-0.39, 0.29) is 5.91 Å². The average Bonchev–Trinajstić information content (AvgIpc) is 2.39. The van der Waals surface area contributed by atoms with Crippen molar-refractivity contribution in [2.24, 2.45) is 4.99 Å². The van der Waals surface area contributed by atoms with Gasteiger partial charge in [-0.15, -0.1) is 0 Å². The van der Waals surface area contributed by atoms with Gasteiger partial charge in [-0.05, 0) is 51.6 Å². The van der Waals surface area contributed by atoms with Crippen LogP contribution in [0.5, 0.6) is 0 Å². The molecule has 3 nitrogen and oxygen atoms in total. The molecule has 0 heterocycles. The van der Waals surface area contributed by atoms with E-state index in [9.17, 15) is 4.79 Å². The molecule has 0 aliphatic carbocycles. The van der Waals surface area contributed by atoms with Crippen molar-refractivity contribution in [1.29, 1.82) is 0 Å². The van der Waals surface area contributed by atoms with E-state index >= 15 is 0 Å². The lowest BCUT2D eigenvalue weighted by Gasteiger charge is -2.17. The van der Waals surface area contributed by atoms with E-state index < -0.39 is 0 Å². The highest BCUT2D eigenvalue weighted by Gasteiger charge is 2.11. The second kappa shape index (κ2) is 6.91. The van der Waals surface area contributed by atoms with E-state index in [2.05, 4.69) is 10.9 Å². The second-order valence-corrected chi connectivity index (χ2v) is 4.57. The van der Waals surface area contributed by atoms with Crippen LogP contribution in [0.1, 0.15) is 31.9 Å². The Labute approximate surface area is 115 Å². The molecule has 1 aromatic carbocycles. The summed E-state index contributed by atoms with van der Waals surface area (Å²) in [6.45, 7) is 11.1. The molecule has 1 amide bonds. The fourth-order valence-corrected chi connectivity index (χ4v) is 1.92. The Kier molecular flexibility index (Phi) is 5.53. The highest BCUT2D eigenvalue weighted by Crippen LogP contribution is 2.22. The Bertz CT molecular complexity index is 501. The highest BCUT2D eigenvalue weighted by molar-refractivity contribution is 6.01. The summed E-state index contributed by atoms with van der Waals surface area (Å²) in [6.07, 6.45) is 0. The second-order valence-electron chi connectivity index (χ2n) is 4.57. The first-order valence-electron chi connectivity index (χ1n) is 6.67. The predicted octanol–water partition coefficient (Wildman–Crippen LogP) is 3.42. The van der Waals surface area contributed by atoms with Gasteiger partial charge in [0.1, 0.15) is 0 Å². The number of aliphatic imine (C=N–C) groups is 1. The molecular formula is C16H22N2O. The predicted molar refractivity (Wildman–Crippen MR) is 80.1 cm³/mol. The first-order valence-corrected chi connectivity index (χ1v) is 6.67. The molecule has 0 saturated carbocycles. The van der Waals surface area contributed by atoms with Gasteiger partial charge in [0.25, 0.3) is 5.91 Å². The van der Waals surface area contributed by atoms with Crippen molar-refractivity contribution in [3.8, 4) is 0 Å². The third-order valence-electron chi connectivity index (χ3n) is 3.15. The fraction of sp³-hybridized carbons (Fsp3) is 0.438. The topological polar surface area (TPSA) is 32.7 Å². The molecule has 0 unspecified atom stereocenters. The van der Waals surface area contributed by atoms with Crippen LogP contribution in [0.15, 0.2) is 28.8 Å². The molecule has 0 N–H and O–H groups in total. The molecule has 3 heteroatoms. The Morgan fingerprint density at radius 1 is 1.21 bits per heavy atom. The summed E-state index contributed by atoms with van der Waals surface area (Å²) in [7, 11) is 0. The lowest BCUT2D eigenvalue weighted by atomic mass is 10.1. The number of carbonyl (C=O) groups is 1. The van der Waals surface area contributed by atoms with Crippen molar-refractivity contribution < 1.29 is 4.79 Å². The van der Waals surface area contributed by atoms with Gasteiger partial charge < -0.3 is 4.90 Å². The fourth-order valence-electron chi connectivity index (χ4n) is 1.92. The minimum atomic E-state index is -0.0000118. The van der Waals surface area contributed by atoms with E-state index in [1.807, 2.05) is 45.9 Å². The molecule has 1 rings (SSSR count). The van der Waals surface area contributed by atoms with Gasteiger partial charge in [0.15, 0.2) is 0 Å². The zero-order chi connectivity index (χ0) is 14.4. The van der Waals surface area contributed by atoms with Crippen LogP contribution in [-0.4, -0.2) is 29.8 Å². The van der Waals surface area contributed by atoms with Crippen LogP contribution >= 0.6 is 0 Å². The van der Waals surface area contributed by atoms with E-state index in [1.54, 1.807) is 11.8 Å². The van der Waals surface area contributed by atoms with Gasteiger partial charge in [0.2, 0.25) is 0 Å². The summed E-state index contributed by atoms with van der Waals surface area (Å²) in [5.41, 5.74) is 3.63. The van der Waals surface area contributed by atoms with E-state index in [1.165, 1.54) is 0 Å². The molecule has 0 aliphatic heterocycles. The summed E-state index contributed by atoms with van der Waals surface area (Å²) < 4.78 is 0. The molecule has 0 aliphatic rings. The highest BCUT2D eigenvalue weighted by atomic mass is 16.2. The summed E-state index contributed by atoms with van der Waals surface area (Å²) in [5.74, 6) is 2.88. The molecule has 0 fully saturated rings. The van der Waals surface area contributed by atoms with Crippen LogP contribution in [-0.2, 0) is 4.79 Å². The van der Waals surface area contributed by atoms with Crippen molar-refractivity contribution in [2.75, 3.05) is 13.1 Å². The third kappa shape index (κ3) is 3.80. The minimum Gasteiger partial charge on any atom is -0.339 e. The number of nitrogens with zero attached hydrogens (tertiary/aromatic N) is 2. The maximum Gasteiger partial charge on any atom is 0.258 e. The van der Waals surface area contributed by atoms with Crippen LogP contribution in [0, 0.1) is 13.8 Å². The molecule has 0 atom stereocenters. The smallest absolute Gasteiger partial charge is 0.258 e. The number of benzene rings is 1. The van der Waals surface area contributed by atoms with Crippen molar-refractivity contribution in [3.05, 3.63) is 34.9 Å². The van der Waals surface area contributed by atoms with Crippen LogP contribution in [0.2, 0.25) is 0 Å². The van der Waals surface area contributed by atoms with Gasteiger partial charge in [-0.2, -0.15) is 0 Å². The van der Waals surface area contributed by atoms with Gasteiger partial charge in [-0.25, -0.2) is 4.99 Å². The Balaban J connectivity index is 3.07. The number of amides is 1. The average molecular weight is 258 g/mol. The van der Waals surface area contributed by atoms with Crippen LogP contribution < -0.4 is 0 Å². The Morgan fingerprint density at radius 2 is 1.74 bits per heavy atom. The van der Waals surface area contributed by atoms with Gasteiger partial charge in [0, 0.05) is 13.1 Å². The number of para-hydroxylation sites is 1. The lowest BCUT2D eigenvalue weighted by molar-refractivity contribution is -0.126. The van der Waals surface area contributed by atoms with Crippen molar-refractivity contribution in [1.82, 2.24) is 4.90 Å². The summed E-state index contributed by atoms with van der Waals surface area (Å²) in [6, 6.07) is 6.02. The third-order valence-corrected chi connectivity index (χ3v) is 3.15. The summed E-state index contributed by atoms with van der Waals surface area (Å²) in [4.78, 5) is 18.2. The number of rotatable bonds is 4. The Hall–Kier alpha value is -1.86. The molecule has 102 valence electrons. The molecule has 0 bridgehead atoms. The van der Waals surface area contributed by atoms with Crippen molar-refractivity contribution >= 4 is 17.5 Å². The normalized spacial score (nSPS) is 9.74. The Morgan fingerprint density at radius 3 is 2.21 bits per heavy atom. The molecule has 0 aromatic heterocycles. The number of hydrogen-bond donors (Lipinski definition) is 0. The van der Waals surface area contributed by atoms with Crippen LogP contribution in [0.25, 0.3) is 0 Å². The molecular weight excluding hydrogens is 236 g/mol. The zero-order valence-corrected chi connectivity index (χ0v) is 12.4. The van der Waals surface area contributed by atoms with E-state index in [0.29, 0.717) is 18.7 Å². The first-order chi connectivity index (χ1) is 9.01. The summed E-state index contributed by atoms with van der Waals surface area (Å²) in [5, 5.41) is 0. The number of aryl methyl sites for hydroxylation is 2. The maximum atomic E-state index is 12.1. The molecule has 0 radical (unpaired) electrons. The van der Waals surface area contributed by atoms with Crippen LogP contribution in [0.4, 0.5) is 5.69 Å². The quantitative estimate of drug-likeness (QED) is 0.601. The molecule has 0 spiro atoms. The van der Waals surface area contributed by atoms with Gasteiger partial charge in [-0.1, -0.05) is 18.2 Å². The van der Waals surface area contributed by atoms with Crippen molar-refractivity contribution in [3.63, 3.8) is 0 Å². The first kappa shape index (κ1) is 15.2. The minimum absolute atomic E-state index is 0.0000118.